The molecule has 0 aliphatic rings. The normalized spacial score (nSPS) is 12.9. The number of hydrogen-bond donors (Lipinski definition) is 0. The van der Waals surface area contributed by atoms with E-state index in [1.54, 1.807) is 23.9 Å². The lowest BCUT2D eigenvalue weighted by molar-refractivity contribution is 0.103. The van der Waals surface area contributed by atoms with Crippen LogP contribution < -0.4 is 0 Å². The van der Waals surface area contributed by atoms with Gasteiger partial charge in [-0.2, -0.15) is 11.8 Å². The Morgan fingerprint density at radius 2 is 1.16 bits per heavy atom. The number of thioether (sulfide) groups is 1. The van der Waals surface area contributed by atoms with Gasteiger partial charge in [-0.25, -0.2) is 8.42 Å². The van der Waals surface area contributed by atoms with Crippen LogP contribution in [0.2, 0.25) is 0 Å². The monoisotopic (exact) mass is 782 g/mol. The summed E-state index contributed by atoms with van der Waals surface area (Å²) in [7, 11) is -3.90. The van der Waals surface area contributed by atoms with Gasteiger partial charge in [0, 0.05) is 43.2 Å². The molecule has 0 saturated heterocycles. The molecule has 0 radical (unpaired) electrons. The molecule has 0 aliphatic carbocycles. The maximum Gasteiger partial charge on any atom is 0.193 e. The highest BCUT2D eigenvalue weighted by molar-refractivity contribution is 7.99. The first kappa shape index (κ1) is 40.0. The van der Waals surface area contributed by atoms with Crippen LogP contribution >= 0.6 is 23.5 Å². The molecule has 4 nitrogen and oxygen atoms in total. The fourth-order valence-electron chi connectivity index (χ4n) is 7.12. The van der Waals surface area contributed by atoms with Gasteiger partial charge >= 0.3 is 0 Å². The molecule has 0 N–H and O–H groups in total. The Balaban J connectivity index is 1.43. The van der Waals surface area contributed by atoms with Crippen LogP contribution in [0.5, 0.6) is 0 Å². The number of carbonyl (C=O) groups is 2. The summed E-state index contributed by atoms with van der Waals surface area (Å²) in [5, 5.41) is 0.194. The number of sulfone groups is 1. The predicted octanol–water partition coefficient (Wildman–Crippen LogP) is 11.7. The van der Waals surface area contributed by atoms with Gasteiger partial charge in [-0.05, 0) is 98.2 Å². The van der Waals surface area contributed by atoms with Gasteiger partial charge in [-0.3, -0.25) is 9.59 Å². The summed E-state index contributed by atoms with van der Waals surface area (Å²) in [5.74, 6) is 0.214. The highest BCUT2D eigenvalue weighted by Gasteiger charge is 2.45. The Morgan fingerprint density at radius 1 is 0.636 bits per heavy atom. The summed E-state index contributed by atoms with van der Waals surface area (Å²) in [4.78, 5) is 29.4. The minimum atomic E-state index is -3.90. The van der Waals surface area contributed by atoms with Crippen LogP contribution in [0.1, 0.15) is 87.7 Å². The van der Waals surface area contributed by atoms with Gasteiger partial charge in [-0.1, -0.05) is 134 Å². The highest BCUT2D eigenvalue weighted by atomic mass is 32.2. The molecule has 0 aromatic heterocycles. The molecule has 0 saturated carbocycles. The molecule has 0 heterocycles. The van der Waals surface area contributed by atoms with Crippen molar-refractivity contribution in [1.82, 2.24) is 0 Å². The lowest BCUT2D eigenvalue weighted by Gasteiger charge is -2.37. The maximum absolute atomic E-state index is 14.8. The molecular weight excluding hydrogens is 737 g/mol. The Bertz CT molecular complexity index is 2350. The molecule has 7 heteroatoms. The highest BCUT2D eigenvalue weighted by Crippen LogP contribution is 2.45. The first-order chi connectivity index (χ1) is 26.4. The maximum atomic E-state index is 14.8. The van der Waals surface area contributed by atoms with Crippen molar-refractivity contribution in [3.8, 4) is 0 Å². The summed E-state index contributed by atoms with van der Waals surface area (Å²) >= 11 is 3.40. The van der Waals surface area contributed by atoms with Gasteiger partial charge in [0.2, 0.25) is 0 Å². The van der Waals surface area contributed by atoms with Crippen LogP contribution in [0.25, 0.3) is 0 Å². The second-order valence-electron chi connectivity index (χ2n) is 14.3. The zero-order chi connectivity index (χ0) is 39.2. The van der Waals surface area contributed by atoms with Crippen molar-refractivity contribution >= 4 is 44.9 Å². The van der Waals surface area contributed by atoms with Crippen molar-refractivity contribution in [3.05, 3.63) is 196 Å². The molecule has 0 fully saturated rings. The van der Waals surface area contributed by atoms with E-state index in [0.717, 1.165) is 37.8 Å². The second-order valence-corrected chi connectivity index (χ2v) is 19.7. The molecule has 55 heavy (non-hydrogen) atoms. The molecule has 2 atom stereocenters. The van der Waals surface area contributed by atoms with E-state index < -0.39 is 20.5 Å². The quantitative estimate of drug-likeness (QED) is 0.0967. The Kier molecular flexibility index (Phi) is 12.7. The average molecular weight is 783 g/mol. The average Bonchev–Trinajstić information content (AvgIpc) is 3.19. The fourth-order valence-corrected chi connectivity index (χ4v) is 10.5. The van der Waals surface area contributed by atoms with Gasteiger partial charge in [-0.15, -0.1) is 0 Å². The van der Waals surface area contributed by atoms with Crippen LogP contribution in [-0.4, -0.2) is 35.7 Å². The second kappa shape index (κ2) is 17.4. The molecule has 280 valence electrons. The van der Waals surface area contributed by atoms with Crippen molar-refractivity contribution in [2.45, 2.75) is 71.6 Å². The Labute approximate surface area is 334 Å². The molecule has 6 aromatic rings. The summed E-state index contributed by atoms with van der Waals surface area (Å²) in [6.45, 7) is 9.86. The molecule has 2 unspecified atom stereocenters. The zero-order valence-corrected chi connectivity index (χ0v) is 34.3. The zero-order valence-electron chi connectivity index (χ0n) is 31.9. The van der Waals surface area contributed by atoms with Crippen molar-refractivity contribution in [2.75, 3.05) is 5.75 Å². The molecule has 0 bridgehead atoms. The minimum absolute atomic E-state index is 0.0210. The van der Waals surface area contributed by atoms with E-state index in [9.17, 15) is 18.0 Å². The van der Waals surface area contributed by atoms with Gasteiger partial charge in [0.25, 0.3) is 0 Å². The molecule has 0 aliphatic heterocycles. The number of benzene rings is 6. The summed E-state index contributed by atoms with van der Waals surface area (Å²) in [6, 6.07) is 47.1. The van der Waals surface area contributed by atoms with Crippen LogP contribution in [0, 0.1) is 6.92 Å². The Hall–Kier alpha value is -4.69. The first-order valence-corrected chi connectivity index (χ1v) is 21.9. The number of rotatable bonds is 15. The number of carbonyl (C=O) groups excluding carboxylic acids is 2. The van der Waals surface area contributed by atoms with E-state index in [-0.39, 0.29) is 21.7 Å². The molecule has 6 rings (SSSR count). The SMILES string of the molecule is CCSC(C)Cc1c(C(=O)c2ccccc2)cccc1C(c1ccc(Sc2ccc(C(=O)c3ccccc3)cc2)cc1)C(C)(C)S(=O)(=O)c1ccc(C)cc1. The molecule has 6 aromatic carbocycles. The van der Waals surface area contributed by atoms with Crippen molar-refractivity contribution in [3.63, 3.8) is 0 Å². The van der Waals surface area contributed by atoms with Crippen LogP contribution in [0.3, 0.4) is 0 Å². The number of ketones is 2. The largest absolute Gasteiger partial charge is 0.289 e. The van der Waals surface area contributed by atoms with Crippen LogP contribution in [-0.2, 0) is 16.3 Å². The molecular formula is C48H46O4S3. The van der Waals surface area contributed by atoms with Gasteiger partial charge in [0.15, 0.2) is 21.4 Å². The molecule has 0 spiro atoms. The minimum Gasteiger partial charge on any atom is -0.289 e. The third-order valence-electron chi connectivity index (χ3n) is 10.1. The lowest BCUT2D eigenvalue weighted by Crippen LogP contribution is -2.40. The van der Waals surface area contributed by atoms with E-state index in [1.807, 2.05) is 172 Å². The van der Waals surface area contributed by atoms with Crippen molar-refractivity contribution < 1.29 is 18.0 Å². The van der Waals surface area contributed by atoms with Gasteiger partial charge in [0.1, 0.15) is 0 Å². The van der Waals surface area contributed by atoms with E-state index >= 15 is 0 Å². The van der Waals surface area contributed by atoms with E-state index in [4.69, 9.17) is 0 Å². The van der Waals surface area contributed by atoms with Crippen LogP contribution in [0.15, 0.2) is 166 Å². The fraction of sp³-hybridized carbons (Fsp3) is 0.208. The Morgan fingerprint density at radius 3 is 1.73 bits per heavy atom. The standard InChI is InChI=1S/C48H46O4S3/c1-6-53-34(3)32-44-42(18-13-19-43(44)47(50)37-16-11-8-12-17-37)45(48(4,5)55(51,52)41-30-20-33(2)21-31-41)35-22-26-39(27-23-35)54-40-28-24-38(25-29-40)46(49)36-14-9-7-10-15-36/h7-31,34,45H,6,32H2,1-5H3. The van der Waals surface area contributed by atoms with Gasteiger partial charge in [0.05, 0.1) is 9.64 Å². The number of aryl methyl sites for hydroxylation is 1. The predicted molar refractivity (Wildman–Crippen MR) is 229 cm³/mol. The van der Waals surface area contributed by atoms with E-state index in [2.05, 4.69) is 13.8 Å². The smallest absolute Gasteiger partial charge is 0.193 e. The third-order valence-corrected chi connectivity index (χ3v) is 14.7. The molecule has 0 amide bonds. The van der Waals surface area contributed by atoms with Crippen molar-refractivity contribution in [1.29, 1.82) is 0 Å². The van der Waals surface area contributed by atoms with Crippen molar-refractivity contribution in [2.24, 2.45) is 0 Å². The number of hydrogen-bond acceptors (Lipinski definition) is 6. The lowest BCUT2D eigenvalue weighted by atomic mass is 9.77. The summed E-state index contributed by atoms with van der Waals surface area (Å²) in [5.41, 5.74) is 6.01. The third kappa shape index (κ3) is 8.91. The van der Waals surface area contributed by atoms with Gasteiger partial charge < -0.3 is 0 Å². The summed E-state index contributed by atoms with van der Waals surface area (Å²) in [6.07, 6.45) is 0.608. The topological polar surface area (TPSA) is 68.3 Å². The van der Waals surface area contributed by atoms with E-state index in [1.165, 1.54) is 0 Å². The first-order valence-electron chi connectivity index (χ1n) is 18.5. The van der Waals surface area contributed by atoms with Crippen LogP contribution in [0.4, 0.5) is 0 Å². The summed E-state index contributed by atoms with van der Waals surface area (Å²) < 4.78 is 28.3. The van der Waals surface area contributed by atoms with E-state index in [0.29, 0.717) is 28.7 Å².